The molecule has 0 bridgehead atoms. The number of hydrogen-bond acceptors (Lipinski definition) is 3. The van der Waals surface area contributed by atoms with Gasteiger partial charge in [0.05, 0.1) is 22.8 Å². The summed E-state index contributed by atoms with van der Waals surface area (Å²) in [5, 5.41) is 2.58. The van der Waals surface area contributed by atoms with Crippen molar-refractivity contribution in [2.24, 2.45) is 0 Å². The van der Waals surface area contributed by atoms with Gasteiger partial charge in [0.1, 0.15) is 5.69 Å². The molecule has 128 valence electrons. The third-order valence-electron chi connectivity index (χ3n) is 3.68. The number of alkyl halides is 3. The highest BCUT2D eigenvalue weighted by Crippen LogP contribution is 2.31. The lowest BCUT2D eigenvalue weighted by Crippen LogP contribution is -2.27. The maximum atomic E-state index is 12.9. The molecule has 0 fully saturated rings. The topological polar surface area (TPSA) is 54.9 Å². The molecular weight excluding hydrogens is 331 g/mol. The fraction of sp³-hybridized carbons (Fsp3) is 0.167. The molecule has 3 aromatic rings. The van der Waals surface area contributed by atoms with E-state index in [0.29, 0.717) is 11.0 Å². The summed E-state index contributed by atoms with van der Waals surface area (Å²) in [6.45, 7) is 0.0699. The smallest absolute Gasteiger partial charge is 0.350 e. The number of fused-ring (bicyclic) bond motifs is 1. The molecule has 0 saturated heterocycles. The lowest BCUT2D eigenvalue weighted by Gasteiger charge is -2.12. The van der Waals surface area contributed by atoms with Crippen molar-refractivity contribution < 1.29 is 18.0 Å². The van der Waals surface area contributed by atoms with Crippen LogP contribution in [-0.2, 0) is 12.6 Å². The molecule has 2 aromatic carbocycles. The minimum atomic E-state index is -4.41. The van der Waals surface area contributed by atoms with Gasteiger partial charge < -0.3 is 5.32 Å². The first-order valence-electron chi connectivity index (χ1n) is 7.60. The van der Waals surface area contributed by atoms with Crippen LogP contribution in [0.3, 0.4) is 0 Å². The van der Waals surface area contributed by atoms with Gasteiger partial charge in [0, 0.05) is 6.54 Å². The monoisotopic (exact) mass is 345 g/mol. The fourth-order valence-electron chi connectivity index (χ4n) is 2.48. The molecule has 0 spiro atoms. The van der Waals surface area contributed by atoms with Crippen LogP contribution in [0, 0.1) is 0 Å². The van der Waals surface area contributed by atoms with Gasteiger partial charge in [0.15, 0.2) is 0 Å². The van der Waals surface area contributed by atoms with Crippen LogP contribution in [0.25, 0.3) is 11.0 Å². The predicted octanol–water partition coefficient (Wildman–Crippen LogP) is 3.62. The van der Waals surface area contributed by atoms with E-state index < -0.39 is 17.6 Å². The Morgan fingerprint density at radius 1 is 1.00 bits per heavy atom. The molecule has 25 heavy (non-hydrogen) atoms. The maximum Gasteiger partial charge on any atom is 0.416 e. The van der Waals surface area contributed by atoms with Crippen molar-refractivity contribution in [3.8, 4) is 0 Å². The minimum Gasteiger partial charge on any atom is -0.350 e. The van der Waals surface area contributed by atoms with Crippen molar-refractivity contribution in [3.63, 3.8) is 0 Å². The summed E-state index contributed by atoms with van der Waals surface area (Å²) >= 11 is 0. The lowest BCUT2D eigenvalue weighted by atomic mass is 10.0. The molecule has 1 amide bonds. The average molecular weight is 345 g/mol. The third-order valence-corrected chi connectivity index (χ3v) is 3.68. The van der Waals surface area contributed by atoms with Crippen LogP contribution in [-0.4, -0.2) is 22.4 Å². The number of nitrogens with one attached hydrogen (secondary N) is 1. The maximum absolute atomic E-state index is 12.9. The number of aromatic nitrogens is 2. The number of amides is 1. The Kier molecular flexibility index (Phi) is 4.65. The summed E-state index contributed by atoms with van der Waals surface area (Å²) in [4.78, 5) is 20.5. The van der Waals surface area contributed by atoms with Gasteiger partial charge in [-0.3, -0.25) is 9.78 Å². The highest BCUT2D eigenvalue weighted by atomic mass is 19.4. The zero-order valence-electron chi connectivity index (χ0n) is 13.0. The van der Waals surface area contributed by atoms with Gasteiger partial charge in [-0.25, -0.2) is 4.98 Å². The van der Waals surface area contributed by atoms with E-state index in [0.717, 1.165) is 6.07 Å². The van der Waals surface area contributed by atoms with Gasteiger partial charge in [0.2, 0.25) is 0 Å². The number of carbonyl (C=O) groups is 1. The van der Waals surface area contributed by atoms with Crippen molar-refractivity contribution in [2.45, 2.75) is 12.6 Å². The second-order valence-electron chi connectivity index (χ2n) is 5.40. The number of nitrogens with zero attached hydrogens (tertiary/aromatic N) is 2. The van der Waals surface area contributed by atoms with Crippen molar-refractivity contribution in [1.82, 2.24) is 15.3 Å². The SMILES string of the molecule is O=C(NCCc1ccccc1C(F)(F)F)c1cnc2ccccc2n1. The largest absolute Gasteiger partial charge is 0.416 e. The third kappa shape index (κ3) is 3.93. The first-order valence-corrected chi connectivity index (χ1v) is 7.60. The first kappa shape index (κ1) is 16.9. The Morgan fingerprint density at radius 3 is 2.44 bits per heavy atom. The second kappa shape index (κ2) is 6.88. The molecule has 0 unspecified atom stereocenters. The van der Waals surface area contributed by atoms with Crippen molar-refractivity contribution in [1.29, 1.82) is 0 Å². The van der Waals surface area contributed by atoms with E-state index in [2.05, 4.69) is 15.3 Å². The minimum absolute atomic E-state index is 0.0699. The molecule has 0 aliphatic carbocycles. The lowest BCUT2D eigenvalue weighted by molar-refractivity contribution is -0.138. The zero-order chi connectivity index (χ0) is 17.9. The van der Waals surface area contributed by atoms with Crippen LogP contribution in [0.15, 0.2) is 54.7 Å². The summed E-state index contributed by atoms with van der Waals surface area (Å²) in [6.07, 6.45) is -2.99. The standard InChI is InChI=1S/C18H14F3N3O/c19-18(20,21)13-6-2-1-5-12(13)9-10-22-17(25)16-11-23-14-7-3-4-8-15(14)24-16/h1-8,11H,9-10H2,(H,22,25). The Bertz CT molecular complexity index is 909. The number of hydrogen-bond donors (Lipinski definition) is 1. The molecule has 1 heterocycles. The first-order chi connectivity index (χ1) is 11.9. The number of halogens is 3. The van der Waals surface area contributed by atoms with Gasteiger partial charge in [-0.1, -0.05) is 30.3 Å². The van der Waals surface area contributed by atoms with Crippen LogP contribution in [0.4, 0.5) is 13.2 Å². The van der Waals surface area contributed by atoms with Crippen LogP contribution >= 0.6 is 0 Å². The van der Waals surface area contributed by atoms with E-state index in [4.69, 9.17) is 0 Å². The van der Waals surface area contributed by atoms with E-state index >= 15 is 0 Å². The molecule has 0 saturated carbocycles. The molecule has 1 aromatic heterocycles. The normalized spacial score (nSPS) is 11.5. The average Bonchev–Trinajstić information content (AvgIpc) is 2.60. The quantitative estimate of drug-likeness (QED) is 0.786. The van der Waals surface area contributed by atoms with Gasteiger partial charge in [0.25, 0.3) is 5.91 Å². The molecule has 0 aliphatic heterocycles. The summed E-state index contributed by atoms with van der Waals surface area (Å²) in [6, 6.07) is 12.4. The Balaban J connectivity index is 1.67. The van der Waals surface area contributed by atoms with Crippen LogP contribution in [0.1, 0.15) is 21.6 Å². The van der Waals surface area contributed by atoms with Gasteiger partial charge in [-0.2, -0.15) is 13.2 Å². The van der Waals surface area contributed by atoms with E-state index in [-0.39, 0.29) is 24.2 Å². The predicted molar refractivity (Wildman–Crippen MR) is 87.0 cm³/mol. The number of carbonyl (C=O) groups excluding carboxylic acids is 1. The molecule has 1 N–H and O–H groups in total. The Morgan fingerprint density at radius 2 is 1.68 bits per heavy atom. The zero-order valence-corrected chi connectivity index (χ0v) is 13.0. The van der Waals surface area contributed by atoms with Crippen molar-refractivity contribution in [2.75, 3.05) is 6.54 Å². The molecule has 4 nitrogen and oxygen atoms in total. The number of rotatable bonds is 4. The summed E-state index contributed by atoms with van der Waals surface area (Å²) in [7, 11) is 0. The number of para-hydroxylation sites is 2. The summed E-state index contributed by atoms with van der Waals surface area (Å²) in [5.41, 5.74) is 0.827. The highest BCUT2D eigenvalue weighted by molar-refractivity contribution is 5.93. The van der Waals surface area contributed by atoms with Crippen molar-refractivity contribution in [3.05, 3.63) is 71.5 Å². The van der Waals surface area contributed by atoms with E-state index in [1.165, 1.54) is 18.3 Å². The van der Waals surface area contributed by atoms with E-state index in [1.807, 2.05) is 6.07 Å². The molecule has 7 heteroatoms. The van der Waals surface area contributed by atoms with Crippen LogP contribution in [0.2, 0.25) is 0 Å². The fourth-order valence-corrected chi connectivity index (χ4v) is 2.48. The Hall–Kier alpha value is -2.96. The molecule has 0 atom stereocenters. The molecule has 3 rings (SSSR count). The molecule has 0 aliphatic rings. The molecule has 0 radical (unpaired) electrons. The van der Waals surface area contributed by atoms with Gasteiger partial charge in [-0.15, -0.1) is 0 Å². The van der Waals surface area contributed by atoms with Crippen LogP contribution in [0.5, 0.6) is 0 Å². The second-order valence-corrected chi connectivity index (χ2v) is 5.40. The van der Waals surface area contributed by atoms with Gasteiger partial charge in [-0.05, 0) is 30.2 Å². The summed E-state index contributed by atoms with van der Waals surface area (Å²) in [5.74, 6) is -0.470. The Labute approximate surface area is 141 Å². The van der Waals surface area contributed by atoms with Crippen molar-refractivity contribution >= 4 is 16.9 Å². The molecular formula is C18H14F3N3O. The number of benzene rings is 2. The van der Waals surface area contributed by atoms with Crippen LogP contribution < -0.4 is 5.32 Å². The van der Waals surface area contributed by atoms with E-state index in [9.17, 15) is 18.0 Å². The summed E-state index contributed by atoms with van der Waals surface area (Å²) < 4.78 is 38.8. The van der Waals surface area contributed by atoms with E-state index in [1.54, 1.807) is 24.3 Å². The highest BCUT2D eigenvalue weighted by Gasteiger charge is 2.32. The van der Waals surface area contributed by atoms with Gasteiger partial charge >= 0.3 is 6.18 Å².